The highest BCUT2D eigenvalue weighted by Gasteiger charge is 2.35. The zero-order valence-corrected chi connectivity index (χ0v) is 21.6. The molecule has 3 rings (SSSR count). The van der Waals surface area contributed by atoms with Crippen molar-refractivity contribution in [2.24, 2.45) is 0 Å². The van der Waals surface area contributed by atoms with Crippen molar-refractivity contribution < 1.29 is 9.90 Å². The van der Waals surface area contributed by atoms with Crippen LogP contribution in [0.5, 0.6) is 0 Å². The standard InChI is InChI=1S/C25H35N3O2S.C2H6/c1-4-6-12-25(5-2)17-31-22-13-19(15-27-16-23(29)30)21(26-3)14-20(22)24(28-25)18-10-8-7-9-11-18;1-2/h7-11,13-14,24,26-28H,4-6,12,15-17H2,1-3H3,(H,29,30);1-2H3/t24-,25-;/m1./s1. The molecule has 0 bridgehead atoms. The van der Waals surface area contributed by atoms with Crippen molar-refractivity contribution in [3.63, 3.8) is 0 Å². The van der Waals surface area contributed by atoms with Crippen LogP contribution in [0.15, 0.2) is 47.4 Å². The van der Waals surface area contributed by atoms with Gasteiger partial charge in [0.2, 0.25) is 0 Å². The van der Waals surface area contributed by atoms with Crippen molar-refractivity contribution in [2.45, 2.75) is 76.4 Å². The molecule has 2 aromatic carbocycles. The van der Waals surface area contributed by atoms with Gasteiger partial charge in [0.05, 0.1) is 12.6 Å². The molecule has 1 heterocycles. The van der Waals surface area contributed by atoms with Crippen molar-refractivity contribution in [3.8, 4) is 0 Å². The van der Waals surface area contributed by atoms with Crippen LogP contribution in [0.4, 0.5) is 5.69 Å². The molecule has 4 N–H and O–H groups in total. The molecule has 0 aliphatic carbocycles. The second-order valence-corrected chi connectivity index (χ2v) is 9.33. The van der Waals surface area contributed by atoms with Crippen molar-refractivity contribution in [1.29, 1.82) is 0 Å². The number of rotatable bonds is 10. The summed E-state index contributed by atoms with van der Waals surface area (Å²) in [5.74, 6) is 0.188. The zero-order valence-electron chi connectivity index (χ0n) is 20.8. The van der Waals surface area contributed by atoms with Crippen molar-refractivity contribution in [3.05, 3.63) is 59.2 Å². The van der Waals surface area contributed by atoms with Gasteiger partial charge in [-0.1, -0.05) is 70.9 Å². The van der Waals surface area contributed by atoms with E-state index in [0.717, 1.165) is 29.8 Å². The normalized spacial score (nSPS) is 19.6. The first-order chi connectivity index (χ1) is 16.0. The summed E-state index contributed by atoms with van der Waals surface area (Å²) >= 11 is 1.93. The Bertz CT molecular complexity index is 875. The van der Waals surface area contributed by atoms with Gasteiger partial charge >= 0.3 is 5.97 Å². The molecule has 0 radical (unpaired) electrons. The van der Waals surface area contributed by atoms with Gasteiger partial charge in [-0.15, -0.1) is 11.8 Å². The van der Waals surface area contributed by atoms with Crippen molar-refractivity contribution in [1.82, 2.24) is 10.6 Å². The van der Waals surface area contributed by atoms with E-state index in [1.807, 2.05) is 32.7 Å². The Balaban J connectivity index is 0.00000187. The van der Waals surface area contributed by atoms with Gasteiger partial charge in [0.1, 0.15) is 0 Å². The average molecular weight is 472 g/mol. The molecule has 0 saturated carbocycles. The van der Waals surface area contributed by atoms with Crippen LogP contribution in [0, 0.1) is 0 Å². The topological polar surface area (TPSA) is 73.4 Å². The summed E-state index contributed by atoms with van der Waals surface area (Å²) in [6, 6.07) is 15.3. The molecule has 1 aliphatic rings. The molecule has 0 spiro atoms. The largest absolute Gasteiger partial charge is 0.480 e. The number of nitrogens with one attached hydrogen (secondary N) is 3. The second kappa shape index (κ2) is 13.6. The summed E-state index contributed by atoms with van der Waals surface area (Å²) in [6.07, 6.45) is 4.66. The first kappa shape index (κ1) is 27.2. The molecule has 0 amide bonds. The minimum Gasteiger partial charge on any atom is -0.480 e. The number of benzene rings is 2. The first-order valence-electron chi connectivity index (χ1n) is 12.2. The third-order valence-corrected chi connectivity index (χ3v) is 7.54. The lowest BCUT2D eigenvalue weighted by molar-refractivity contribution is -0.136. The number of hydrogen-bond acceptors (Lipinski definition) is 5. The predicted molar refractivity (Wildman–Crippen MR) is 141 cm³/mol. The van der Waals surface area contributed by atoms with Crippen molar-refractivity contribution in [2.75, 3.05) is 24.7 Å². The van der Waals surface area contributed by atoms with E-state index in [-0.39, 0.29) is 18.1 Å². The number of carboxylic acid groups (broad SMARTS) is 1. The molecule has 0 unspecified atom stereocenters. The minimum absolute atomic E-state index is 0.0441. The molecule has 0 aromatic heterocycles. The van der Waals surface area contributed by atoms with E-state index in [1.165, 1.54) is 28.9 Å². The van der Waals surface area contributed by atoms with E-state index in [2.05, 4.69) is 72.3 Å². The van der Waals surface area contributed by atoms with Crippen molar-refractivity contribution >= 4 is 23.4 Å². The highest BCUT2D eigenvalue weighted by Crippen LogP contribution is 2.42. The van der Waals surface area contributed by atoms with Gasteiger partial charge in [-0.25, -0.2) is 0 Å². The summed E-state index contributed by atoms with van der Waals surface area (Å²) in [5.41, 5.74) is 4.78. The smallest absolute Gasteiger partial charge is 0.317 e. The number of carboxylic acids is 1. The van der Waals surface area contributed by atoms with Gasteiger partial charge in [0, 0.05) is 35.5 Å². The van der Waals surface area contributed by atoms with Crippen LogP contribution in [-0.2, 0) is 11.3 Å². The Morgan fingerprint density at radius 2 is 1.94 bits per heavy atom. The van der Waals surface area contributed by atoms with Crippen LogP contribution in [0.25, 0.3) is 0 Å². The number of carbonyl (C=O) groups is 1. The number of fused-ring (bicyclic) bond motifs is 1. The summed E-state index contributed by atoms with van der Waals surface area (Å²) in [5, 5.41) is 19.4. The van der Waals surface area contributed by atoms with Crippen LogP contribution in [0.3, 0.4) is 0 Å². The summed E-state index contributed by atoms with van der Waals surface area (Å²) in [6.45, 7) is 9.03. The van der Waals surface area contributed by atoms with Crippen LogP contribution >= 0.6 is 11.8 Å². The van der Waals surface area contributed by atoms with E-state index in [1.54, 1.807) is 0 Å². The molecule has 33 heavy (non-hydrogen) atoms. The Hall–Kier alpha value is -2.02. The molecule has 1 aliphatic heterocycles. The maximum Gasteiger partial charge on any atom is 0.317 e. The zero-order chi connectivity index (χ0) is 24.3. The third kappa shape index (κ3) is 7.23. The maximum absolute atomic E-state index is 10.9. The van der Waals surface area contributed by atoms with Gasteiger partial charge < -0.3 is 15.7 Å². The highest BCUT2D eigenvalue weighted by molar-refractivity contribution is 7.99. The Morgan fingerprint density at radius 3 is 2.55 bits per heavy atom. The molecular formula is C27H41N3O2S. The van der Waals surface area contributed by atoms with E-state index >= 15 is 0 Å². The molecule has 6 heteroatoms. The maximum atomic E-state index is 10.9. The van der Waals surface area contributed by atoms with Crippen LogP contribution in [0.2, 0.25) is 0 Å². The first-order valence-corrected chi connectivity index (χ1v) is 13.2. The third-order valence-electron chi connectivity index (χ3n) is 6.18. The van der Waals surface area contributed by atoms with Gasteiger partial charge in [0.15, 0.2) is 0 Å². The van der Waals surface area contributed by atoms with E-state index in [0.29, 0.717) is 6.54 Å². The molecule has 2 atom stereocenters. The lowest BCUT2D eigenvalue weighted by Crippen LogP contribution is -2.48. The van der Waals surface area contributed by atoms with Gasteiger partial charge in [0.25, 0.3) is 0 Å². The highest BCUT2D eigenvalue weighted by atomic mass is 32.2. The lowest BCUT2D eigenvalue weighted by Gasteiger charge is -2.36. The molecule has 182 valence electrons. The molecular weight excluding hydrogens is 430 g/mol. The molecule has 2 aromatic rings. The lowest BCUT2D eigenvalue weighted by atomic mass is 9.87. The Kier molecular flexibility index (Phi) is 11.2. The fourth-order valence-electron chi connectivity index (χ4n) is 4.26. The molecule has 5 nitrogen and oxygen atoms in total. The van der Waals surface area contributed by atoms with Crippen LogP contribution in [0.1, 0.15) is 76.1 Å². The number of anilines is 1. The summed E-state index contributed by atoms with van der Waals surface area (Å²) in [4.78, 5) is 12.2. The van der Waals surface area contributed by atoms with Crippen LogP contribution in [-0.4, -0.2) is 36.0 Å². The predicted octanol–water partition coefficient (Wildman–Crippen LogP) is 6.05. The summed E-state index contributed by atoms with van der Waals surface area (Å²) in [7, 11) is 1.93. The molecule has 0 saturated heterocycles. The van der Waals surface area contributed by atoms with Crippen LogP contribution < -0.4 is 16.0 Å². The van der Waals surface area contributed by atoms with E-state index in [9.17, 15) is 4.79 Å². The van der Waals surface area contributed by atoms with Gasteiger partial charge in [-0.2, -0.15) is 0 Å². The summed E-state index contributed by atoms with van der Waals surface area (Å²) < 4.78 is 0. The van der Waals surface area contributed by atoms with Gasteiger partial charge in [-0.05, 0) is 41.7 Å². The second-order valence-electron chi connectivity index (χ2n) is 8.31. The SMILES string of the molecule is CC.CCCC[C@]1(CC)CSc2cc(CNCC(=O)O)c(NC)cc2[C@@H](c2ccccc2)N1. The number of thioether (sulfide) groups is 1. The number of aliphatic carboxylic acids is 1. The van der Waals surface area contributed by atoms with E-state index in [4.69, 9.17) is 5.11 Å². The molecule has 0 fully saturated rings. The number of unbranched alkanes of at least 4 members (excludes halogenated alkanes) is 1. The van der Waals surface area contributed by atoms with Gasteiger partial charge in [-0.3, -0.25) is 10.1 Å². The number of hydrogen-bond donors (Lipinski definition) is 4. The Morgan fingerprint density at radius 1 is 1.21 bits per heavy atom. The fraction of sp³-hybridized carbons (Fsp3) is 0.519. The quantitative estimate of drug-likeness (QED) is 0.338. The fourth-order valence-corrected chi connectivity index (χ4v) is 5.70. The average Bonchev–Trinajstić information content (AvgIpc) is 3.01. The monoisotopic (exact) mass is 471 g/mol. The van der Waals surface area contributed by atoms with E-state index < -0.39 is 5.97 Å². The Labute approximate surface area is 204 Å². The minimum atomic E-state index is -0.841.